The minimum Gasteiger partial charge on any atom is -0.352 e. The van der Waals surface area contributed by atoms with E-state index >= 15 is 0 Å². The summed E-state index contributed by atoms with van der Waals surface area (Å²) in [7, 11) is -3.77. The monoisotopic (exact) mass is 429 g/mol. The van der Waals surface area contributed by atoms with Gasteiger partial charge in [-0.1, -0.05) is 42.5 Å². The molecule has 2 N–H and O–H groups in total. The number of likely N-dealkylation sites (tertiary alicyclic amines) is 1. The van der Waals surface area contributed by atoms with E-state index in [2.05, 4.69) is 27.1 Å². The summed E-state index contributed by atoms with van der Waals surface area (Å²) in [6.07, 6.45) is 0.933. The maximum atomic E-state index is 12.4. The van der Waals surface area contributed by atoms with Crippen molar-refractivity contribution >= 4 is 21.7 Å². The average molecular weight is 430 g/mol. The number of hydrogen-bond acceptors (Lipinski definition) is 5. The van der Waals surface area contributed by atoms with Gasteiger partial charge in [-0.25, -0.2) is 13.1 Å². The molecule has 0 aliphatic carbocycles. The van der Waals surface area contributed by atoms with Crippen LogP contribution >= 0.6 is 0 Å². The quantitative estimate of drug-likeness (QED) is 0.594. The largest absolute Gasteiger partial charge is 0.352 e. The molecular formula is C22H27N3O4S. The Morgan fingerprint density at radius 2 is 1.87 bits per heavy atom. The maximum absolute atomic E-state index is 12.4. The first-order chi connectivity index (χ1) is 14.3. The van der Waals surface area contributed by atoms with Gasteiger partial charge in [-0.2, -0.15) is 0 Å². The molecule has 1 aliphatic rings. The van der Waals surface area contributed by atoms with Crippen LogP contribution in [0, 0.1) is 0 Å². The summed E-state index contributed by atoms with van der Waals surface area (Å²) in [6, 6.07) is 16.1. The molecule has 1 aliphatic heterocycles. The lowest BCUT2D eigenvalue weighted by molar-refractivity contribution is -0.121. The van der Waals surface area contributed by atoms with Crippen LogP contribution in [0.15, 0.2) is 59.5 Å². The van der Waals surface area contributed by atoms with Gasteiger partial charge in [-0.3, -0.25) is 14.5 Å². The van der Waals surface area contributed by atoms with Crippen LogP contribution in [0.4, 0.5) is 0 Å². The van der Waals surface area contributed by atoms with Crippen molar-refractivity contribution in [3.05, 3.63) is 65.7 Å². The van der Waals surface area contributed by atoms with Crippen molar-refractivity contribution in [3.63, 3.8) is 0 Å². The number of sulfonamides is 1. The van der Waals surface area contributed by atoms with Crippen LogP contribution in [0.3, 0.4) is 0 Å². The van der Waals surface area contributed by atoms with E-state index in [1.807, 2.05) is 18.2 Å². The number of carbonyl (C=O) groups is 2. The summed E-state index contributed by atoms with van der Waals surface area (Å²) in [5.74, 6) is -0.383. The molecule has 7 nitrogen and oxygen atoms in total. The number of hydrogen-bond donors (Lipinski definition) is 2. The van der Waals surface area contributed by atoms with Crippen molar-refractivity contribution in [3.8, 4) is 0 Å². The van der Waals surface area contributed by atoms with E-state index in [9.17, 15) is 18.0 Å². The van der Waals surface area contributed by atoms with Crippen LogP contribution in [0.5, 0.6) is 0 Å². The molecule has 2 aromatic carbocycles. The van der Waals surface area contributed by atoms with Gasteiger partial charge >= 0.3 is 0 Å². The Balaban J connectivity index is 1.43. The van der Waals surface area contributed by atoms with Crippen molar-refractivity contribution in [2.24, 2.45) is 0 Å². The summed E-state index contributed by atoms with van der Waals surface area (Å²) in [5, 5.41) is 2.98. The minimum absolute atomic E-state index is 0.00108. The molecule has 1 heterocycles. The molecule has 0 saturated carbocycles. The third-order valence-electron chi connectivity index (χ3n) is 5.08. The molecule has 1 saturated heterocycles. The van der Waals surface area contributed by atoms with Crippen molar-refractivity contribution < 1.29 is 18.0 Å². The number of amides is 1. The van der Waals surface area contributed by atoms with Gasteiger partial charge in [0.15, 0.2) is 5.78 Å². The van der Waals surface area contributed by atoms with E-state index in [0.717, 1.165) is 26.1 Å². The fourth-order valence-electron chi connectivity index (χ4n) is 3.50. The Morgan fingerprint density at radius 3 is 2.60 bits per heavy atom. The number of benzene rings is 2. The van der Waals surface area contributed by atoms with E-state index in [-0.39, 0.29) is 35.6 Å². The number of carbonyl (C=O) groups excluding carboxylic acids is 2. The zero-order valence-electron chi connectivity index (χ0n) is 17.0. The SMILES string of the molecule is CC(=O)c1cccc(S(=O)(=O)NCCC(=O)N[C@H]2CCN(Cc3ccccc3)C2)c1. The number of rotatable bonds is 9. The molecule has 1 fully saturated rings. The first-order valence-electron chi connectivity index (χ1n) is 10.00. The third-order valence-corrected chi connectivity index (χ3v) is 6.54. The fourth-order valence-corrected chi connectivity index (χ4v) is 4.58. The Bertz CT molecular complexity index is 992. The molecule has 0 aromatic heterocycles. The predicted molar refractivity (Wildman–Crippen MR) is 115 cm³/mol. The summed E-state index contributed by atoms with van der Waals surface area (Å²) in [6.45, 7) is 3.93. The van der Waals surface area contributed by atoms with Gasteiger partial charge in [0.25, 0.3) is 0 Å². The van der Waals surface area contributed by atoms with Crippen LogP contribution in [-0.4, -0.2) is 50.7 Å². The third kappa shape index (κ3) is 6.22. The molecule has 160 valence electrons. The molecule has 0 radical (unpaired) electrons. The van der Waals surface area contributed by atoms with E-state index in [0.29, 0.717) is 5.56 Å². The Labute approximate surface area is 177 Å². The first kappa shape index (κ1) is 22.1. The van der Waals surface area contributed by atoms with Gasteiger partial charge in [0.2, 0.25) is 15.9 Å². The fraction of sp³-hybridized carbons (Fsp3) is 0.364. The van der Waals surface area contributed by atoms with Crippen molar-refractivity contribution in [2.45, 2.75) is 37.2 Å². The summed E-state index contributed by atoms with van der Waals surface area (Å²) in [5.41, 5.74) is 1.57. The van der Waals surface area contributed by atoms with E-state index in [1.54, 1.807) is 6.07 Å². The highest BCUT2D eigenvalue weighted by atomic mass is 32.2. The highest BCUT2D eigenvalue weighted by molar-refractivity contribution is 7.89. The maximum Gasteiger partial charge on any atom is 0.240 e. The van der Waals surface area contributed by atoms with Gasteiger partial charge in [-0.05, 0) is 31.0 Å². The molecule has 0 bridgehead atoms. The van der Waals surface area contributed by atoms with E-state index < -0.39 is 10.0 Å². The zero-order valence-corrected chi connectivity index (χ0v) is 17.8. The minimum atomic E-state index is -3.77. The highest BCUT2D eigenvalue weighted by Crippen LogP contribution is 2.14. The van der Waals surface area contributed by atoms with Gasteiger partial charge < -0.3 is 5.32 Å². The topological polar surface area (TPSA) is 95.6 Å². The predicted octanol–water partition coefficient (Wildman–Crippen LogP) is 1.95. The van der Waals surface area contributed by atoms with Crippen molar-refractivity contribution in [1.29, 1.82) is 0 Å². The van der Waals surface area contributed by atoms with E-state index in [4.69, 9.17) is 0 Å². The standard InChI is InChI=1S/C22H27N3O4S/c1-17(26)19-8-5-9-21(14-19)30(28,29)23-12-10-22(27)24-20-11-13-25(16-20)15-18-6-3-2-4-7-18/h2-9,14,20,23H,10-13,15-16H2,1H3,(H,24,27)/t20-/m0/s1. The van der Waals surface area contributed by atoms with Gasteiger partial charge in [-0.15, -0.1) is 0 Å². The Kier molecular flexibility index (Phi) is 7.36. The molecule has 2 aromatic rings. The number of nitrogens with zero attached hydrogens (tertiary/aromatic N) is 1. The molecular weight excluding hydrogens is 402 g/mol. The van der Waals surface area contributed by atoms with Crippen molar-refractivity contribution in [2.75, 3.05) is 19.6 Å². The smallest absolute Gasteiger partial charge is 0.240 e. The molecule has 1 atom stereocenters. The molecule has 30 heavy (non-hydrogen) atoms. The molecule has 0 unspecified atom stereocenters. The molecule has 8 heteroatoms. The van der Waals surface area contributed by atoms with E-state index in [1.165, 1.54) is 30.7 Å². The highest BCUT2D eigenvalue weighted by Gasteiger charge is 2.24. The van der Waals surface area contributed by atoms with Gasteiger partial charge in [0.05, 0.1) is 4.90 Å². The first-order valence-corrected chi connectivity index (χ1v) is 11.5. The number of nitrogens with one attached hydrogen (secondary N) is 2. The van der Waals surface area contributed by atoms with Crippen LogP contribution in [0.2, 0.25) is 0 Å². The zero-order chi connectivity index (χ0) is 21.6. The van der Waals surface area contributed by atoms with Gasteiger partial charge in [0, 0.05) is 44.2 Å². The summed E-state index contributed by atoms with van der Waals surface area (Å²) >= 11 is 0. The lowest BCUT2D eigenvalue weighted by atomic mass is 10.2. The lowest BCUT2D eigenvalue weighted by Gasteiger charge is -2.17. The summed E-state index contributed by atoms with van der Waals surface area (Å²) in [4.78, 5) is 26.0. The Hall–Kier alpha value is -2.55. The second-order valence-corrected chi connectivity index (χ2v) is 9.27. The van der Waals surface area contributed by atoms with Crippen LogP contribution < -0.4 is 10.0 Å². The molecule has 0 spiro atoms. The van der Waals surface area contributed by atoms with Gasteiger partial charge in [0.1, 0.15) is 0 Å². The van der Waals surface area contributed by atoms with Crippen LogP contribution in [0.25, 0.3) is 0 Å². The summed E-state index contributed by atoms with van der Waals surface area (Å²) < 4.78 is 27.2. The van der Waals surface area contributed by atoms with Crippen LogP contribution in [-0.2, 0) is 21.4 Å². The normalized spacial score (nSPS) is 17.0. The lowest BCUT2D eigenvalue weighted by Crippen LogP contribution is -2.38. The number of ketones is 1. The number of Topliss-reactive ketones (excluding diaryl/α,β-unsaturated/α-hetero) is 1. The molecule has 1 amide bonds. The second kappa shape index (κ2) is 9.97. The second-order valence-electron chi connectivity index (χ2n) is 7.51. The average Bonchev–Trinajstić information content (AvgIpc) is 3.15. The van der Waals surface area contributed by atoms with Crippen LogP contribution in [0.1, 0.15) is 35.7 Å². The Morgan fingerprint density at radius 1 is 1.10 bits per heavy atom. The molecule has 3 rings (SSSR count). The van der Waals surface area contributed by atoms with Crippen molar-refractivity contribution in [1.82, 2.24) is 14.9 Å².